The molecule has 0 aliphatic heterocycles. The Morgan fingerprint density at radius 2 is 1.95 bits per heavy atom. The Morgan fingerprint density at radius 1 is 1.32 bits per heavy atom. The van der Waals surface area contributed by atoms with E-state index < -0.39 is 10.9 Å². The molecule has 0 saturated heterocycles. The molecule has 7 nitrogen and oxygen atoms in total. The molecule has 0 atom stereocenters. The van der Waals surface area contributed by atoms with Gasteiger partial charge in [-0.25, -0.2) is 4.79 Å². The van der Waals surface area contributed by atoms with Gasteiger partial charge in [0, 0.05) is 17.7 Å². The second-order valence-electron chi connectivity index (χ2n) is 4.92. The minimum atomic E-state index is -0.683. The predicted molar refractivity (Wildman–Crippen MR) is 80.6 cm³/mol. The number of amides is 1. The zero-order chi connectivity index (χ0) is 16.7. The highest BCUT2D eigenvalue weighted by molar-refractivity contribution is 5.91. The van der Waals surface area contributed by atoms with Crippen molar-refractivity contribution in [3.8, 4) is 0 Å². The number of nitrogens with one attached hydrogen (secondary N) is 1. The first-order valence-electron chi connectivity index (χ1n) is 7.10. The van der Waals surface area contributed by atoms with Crippen LogP contribution in [0, 0.1) is 17.0 Å². The third-order valence-corrected chi connectivity index (χ3v) is 3.31. The Hall–Kier alpha value is -2.44. The lowest BCUT2D eigenvalue weighted by Gasteiger charge is -2.14. The third-order valence-electron chi connectivity index (χ3n) is 3.31. The van der Waals surface area contributed by atoms with Crippen molar-refractivity contribution in [2.75, 3.05) is 6.61 Å². The van der Waals surface area contributed by atoms with Crippen molar-refractivity contribution < 1.29 is 19.2 Å². The summed E-state index contributed by atoms with van der Waals surface area (Å²) in [5.74, 6) is -1.04. The summed E-state index contributed by atoms with van der Waals surface area (Å²) in [7, 11) is 0. The average Bonchev–Trinajstić information content (AvgIpc) is 2.49. The van der Waals surface area contributed by atoms with Gasteiger partial charge < -0.3 is 10.1 Å². The molecule has 0 bridgehead atoms. The van der Waals surface area contributed by atoms with E-state index in [-0.39, 0.29) is 29.8 Å². The highest BCUT2D eigenvalue weighted by Crippen LogP contribution is 2.19. The monoisotopic (exact) mass is 308 g/mol. The van der Waals surface area contributed by atoms with Crippen molar-refractivity contribution in [2.24, 2.45) is 0 Å². The number of ether oxygens (including phenoxy) is 1. The number of benzene rings is 1. The molecule has 1 amide bonds. The van der Waals surface area contributed by atoms with Gasteiger partial charge >= 0.3 is 5.97 Å². The molecular formula is C15H20N2O5. The van der Waals surface area contributed by atoms with Crippen molar-refractivity contribution in [1.29, 1.82) is 0 Å². The summed E-state index contributed by atoms with van der Waals surface area (Å²) in [6.07, 6.45) is 1.61. The Kier molecular flexibility index (Phi) is 6.49. The van der Waals surface area contributed by atoms with E-state index in [9.17, 15) is 19.7 Å². The number of carbonyl (C=O) groups is 2. The topological polar surface area (TPSA) is 98.5 Å². The van der Waals surface area contributed by atoms with Gasteiger partial charge in [-0.15, -0.1) is 0 Å². The maximum Gasteiger partial charge on any atom is 0.338 e. The number of aryl methyl sites for hydroxylation is 1. The van der Waals surface area contributed by atoms with Crippen LogP contribution in [-0.4, -0.2) is 29.4 Å². The van der Waals surface area contributed by atoms with Crippen molar-refractivity contribution >= 4 is 17.6 Å². The quantitative estimate of drug-likeness (QED) is 0.473. The maximum absolute atomic E-state index is 11.8. The first kappa shape index (κ1) is 17.6. The molecule has 1 rings (SSSR count). The minimum absolute atomic E-state index is 0.0628. The zero-order valence-electron chi connectivity index (χ0n) is 12.9. The SMILES string of the molecule is CCC(CC)NC(=O)COC(=O)c1ccc([N+](=O)[O-])c(C)c1. The summed E-state index contributed by atoms with van der Waals surface area (Å²) in [5, 5.41) is 13.5. The van der Waals surface area contributed by atoms with Crippen LogP contribution in [0.15, 0.2) is 18.2 Å². The van der Waals surface area contributed by atoms with Crippen molar-refractivity contribution in [3.63, 3.8) is 0 Å². The standard InChI is InChI=1S/C15H20N2O5/c1-4-12(5-2)16-14(18)9-22-15(19)11-6-7-13(17(20)21)10(3)8-11/h6-8,12H,4-5,9H2,1-3H3,(H,16,18). The van der Waals surface area contributed by atoms with Crippen LogP contribution in [0.5, 0.6) is 0 Å². The number of nitrogens with zero attached hydrogens (tertiary/aromatic N) is 1. The number of esters is 1. The van der Waals surface area contributed by atoms with Gasteiger partial charge in [0.05, 0.1) is 10.5 Å². The molecule has 0 radical (unpaired) electrons. The molecule has 0 heterocycles. The Balaban J connectivity index is 2.61. The number of hydrogen-bond acceptors (Lipinski definition) is 5. The Labute approximate surface area is 128 Å². The number of hydrogen-bond donors (Lipinski definition) is 1. The van der Waals surface area contributed by atoms with Gasteiger partial charge in [-0.1, -0.05) is 13.8 Å². The van der Waals surface area contributed by atoms with Gasteiger partial charge in [0.25, 0.3) is 11.6 Å². The number of rotatable bonds is 7. The third kappa shape index (κ3) is 4.83. The molecule has 1 aromatic rings. The van der Waals surface area contributed by atoms with Gasteiger partial charge in [0.2, 0.25) is 0 Å². The van der Waals surface area contributed by atoms with Gasteiger partial charge in [-0.05, 0) is 31.9 Å². The molecule has 0 aliphatic carbocycles. The fourth-order valence-electron chi connectivity index (χ4n) is 1.96. The average molecular weight is 308 g/mol. The predicted octanol–water partition coefficient (Wildman–Crippen LogP) is 2.36. The summed E-state index contributed by atoms with van der Waals surface area (Å²) in [5.41, 5.74) is 0.474. The van der Waals surface area contributed by atoms with E-state index >= 15 is 0 Å². The molecule has 1 aromatic carbocycles. The molecular weight excluding hydrogens is 288 g/mol. The van der Waals surface area contributed by atoms with Crippen molar-refractivity contribution in [3.05, 3.63) is 39.4 Å². The van der Waals surface area contributed by atoms with Gasteiger partial charge in [0.1, 0.15) is 0 Å². The highest BCUT2D eigenvalue weighted by atomic mass is 16.6. The number of nitro benzene ring substituents is 1. The Bertz CT molecular complexity index is 567. The van der Waals surface area contributed by atoms with E-state index in [1.807, 2.05) is 13.8 Å². The number of nitro groups is 1. The number of carbonyl (C=O) groups excluding carboxylic acids is 2. The maximum atomic E-state index is 11.8. The summed E-state index contributed by atoms with van der Waals surface area (Å²) >= 11 is 0. The van der Waals surface area contributed by atoms with Gasteiger partial charge in [0.15, 0.2) is 6.61 Å². The molecule has 0 fully saturated rings. The molecule has 1 N–H and O–H groups in total. The minimum Gasteiger partial charge on any atom is -0.452 e. The van der Waals surface area contributed by atoms with Crippen LogP contribution in [0.4, 0.5) is 5.69 Å². The van der Waals surface area contributed by atoms with Gasteiger partial charge in [-0.2, -0.15) is 0 Å². The molecule has 0 spiro atoms. The van der Waals surface area contributed by atoms with Gasteiger partial charge in [-0.3, -0.25) is 14.9 Å². The lowest BCUT2D eigenvalue weighted by Crippen LogP contribution is -2.36. The van der Waals surface area contributed by atoms with Crippen LogP contribution in [-0.2, 0) is 9.53 Å². The van der Waals surface area contributed by atoms with E-state index in [1.165, 1.54) is 25.1 Å². The van der Waals surface area contributed by atoms with E-state index in [0.717, 1.165) is 12.8 Å². The molecule has 120 valence electrons. The molecule has 7 heteroatoms. The van der Waals surface area contributed by atoms with Crippen molar-refractivity contribution in [1.82, 2.24) is 5.32 Å². The zero-order valence-corrected chi connectivity index (χ0v) is 12.9. The Morgan fingerprint density at radius 3 is 2.45 bits per heavy atom. The summed E-state index contributed by atoms with van der Waals surface area (Å²) in [6, 6.07) is 4.00. The highest BCUT2D eigenvalue weighted by Gasteiger charge is 2.16. The fourth-order valence-corrected chi connectivity index (χ4v) is 1.96. The second-order valence-corrected chi connectivity index (χ2v) is 4.92. The van der Waals surface area contributed by atoms with E-state index in [2.05, 4.69) is 5.32 Å². The van der Waals surface area contributed by atoms with E-state index in [0.29, 0.717) is 5.56 Å². The fraction of sp³-hybridized carbons (Fsp3) is 0.467. The molecule has 22 heavy (non-hydrogen) atoms. The largest absolute Gasteiger partial charge is 0.452 e. The molecule has 0 aliphatic rings. The van der Waals surface area contributed by atoms with Crippen LogP contribution >= 0.6 is 0 Å². The van der Waals surface area contributed by atoms with Crippen LogP contribution in [0.2, 0.25) is 0 Å². The van der Waals surface area contributed by atoms with E-state index in [1.54, 1.807) is 0 Å². The normalized spacial score (nSPS) is 10.4. The van der Waals surface area contributed by atoms with Crippen molar-refractivity contribution in [2.45, 2.75) is 39.7 Å². The lowest BCUT2D eigenvalue weighted by atomic mass is 10.1. The smallest absolute Gasteiger partial charge is 0.338 e. The molecule has 0 aromatic heterocycles. The molecule has 0 unspecified atom stereocenters. The van der Waals surface area contributed by atoms with E-state index in [4.69, 9.17) is 4.74 Å². The van der Waals surface area contributed by atoms with Crippen LogP contribution in [0.3, 0.4) is 0 Å². The molecule has 0 saturated carbocycles. The lowest BCUT2D eigenvalue weighted by molar-refractivity contribution is -0.385. The first-order chi connectivity index (χ1) is 10.4. The van der Waals surface area contributed by atoms with Crippen LogP contribution in [0.1, 0.15) is 42.6 Å². The second kappa shape index (κ2) is 8.11. The first-order valence-corrected chi connectivity index (χ1v) is 7.10. The van der Waals surface area contributed by atoms with Crippen LogP contribution < -0.4 is 5.32 Å². The summed E-state index contributed by atoms with van der Waals surface area (Å²) in [4.78, 5) is 33.7. The van der Waals surface area contributed by atoms with Crippen LogP contribution in [0.25, 0.3) is 0 Å². The summed E-state index contributed by atoms with van der Waals surface area (Å²) < 4.78 is 4.91. The summed E-state index contributed by atoms with van der Waals surface area (Å²) in [6.45, 7) is 5.08.